The van der Waals surface area contributed by atoms with Gasteiger partial charge < -0.3 is 5.73 Å². The molecule has 0 aliphatic carbocycles. The molecule has 2 N–H and O–H groups in total. The Hall–Kier alpha value is -1.59. The van der Waals surface area contributed by atoms with Crippen LogP contribution in [-0.4, -0.2) is 27.8 Å². The van der Waals surface area contributed by atoms with Gasteiger partial charge in [-0.3, -0.25) is 4.79 Å². The molecule has 0 amide bonds. The van der Waals surface area contributed by atoms with Crippen molar-refractivity contribution in [2.45, 2.75) is 23.0 Å². The fraction of sp³-hybridized carbons (Fsp3) is 0.231. The van der Waals surface area contributed by atoms with Crippen LogP contribution in [0.5, 0.6) is 0 Å². The number of hydrogen-bond donors (Lipinski definition) is 1. The van der Waals surface area contributed by atoms with Crippen LogP contribution in [0.15, 0.2) is 17.0 Å². The lowest BCUT2D eigenvalue weighted by atomic mass is 10.1. The lowest BCUT2D eigenvalue weighted by molar-refractivity contribution is -0.127. The molecule has 0 saturated carbocycles. The van der Waals surface area contributed by atoms with Crippen LogP contribution in [0.3, 0.4) is 0 Å². The molecule has 0 unspecified atom stereocenters. The zero-order valence-electron chi connectivity index (χ0n) is 12.3. The van der Waals surface area contributed by atoms with Crippen LogP contribution in [0.4, 0.5) is 32.2 Å². The average Bonchev–Trinajstić information content (AvgIpc) is 2.72. The van der Waals surface area contributed by atoms with Gasteiger partial charge >= 0.3 is 11.7 Å². The molecular formula is C13H7Cl2F6N3OS. The molecule has 2 rings (SSSR count). The average molecular weight is 438 g/mol. The van der Waals surface area contributed by atoms with E-state index >= 15 is 0 Å². The molecule has 0 saturated heterocycles. The topological polar surface area (TPSA) is 60.9 Å². The first-order valence-corrected chi connectivity index (χ1v) is 8.04. The number of nitrogen functional groups attached to an aromatic ring is 1. The third-order valence-electron chi connectivity index (χ3n) is 2.92. The minimum absolute atomic E-state index is 0.0563. The highest BCUT2D eigenvalue weighted by Crippen LogP contribution is 2.43. The minimum atomic E-state index is -4.75. The van der Waals surface area contributed by atoms with Gasteiger partial charge in [-0.15, -0.1) is 0 Å². The van der Waals surface area contributed by atoms with Crippen molar-refractivity contribution in [1.29, 1.82) is 0 Å². The SMILES string of the molecule is Nc1c(SC(F)(F)F)c(C=O)nn1-c1c(Cl)cc(CC(F)(F)F)cc1Cl. The van der Waals surface area contributed by atoms with Crippen molar-refractivity contribution in [3.05, 3.63) is 33.4 Å². The molecule has 0 fully saturated rings. The molecule has 0 spiro atoms. The third kappa shape index (κ3) is 4.77. The Labute approximate surface area is 156 Å². The summed E-state index contributed by atoms with van der Waals surface area (Å²) >= 11 is 11.2. The van der Waals surface area contributed by atoms with E-state index in [9.17, 15) is 31.1 Å². The smallest absolute Gasteiger partial charge is 0.383 e. The summed E-state index contributed by atoms with van der Waals surface area (Å²) in [6, 6.07) is 1.88. The highest BCUT2D eigenvalue weighted by molar-refractivity contribution is 8.00. The second-order valence-electron chi connectivity index (χ2n) is 4.88. The number of anilines is 1. The van der Waals surface area contributed by atoms with Gasteiger partial charge in [0.15, 0.2) is 6.29 Å². The molecule has 0 aliphatic rings. The van der Waals surface area contributed by atoms with Gasteiger partial charge in [0, 0.05) is 0 Å². The number of thioether (sulfide) groups is 1. The molecule has 0 radical (unpaired) electrons. The van der Waals surface area contributed by atoms with E-state index in [-0.39, 0.29) is 27.6 Å². The fourth-order valence-electron chi connectivity index (χ4n) is 2.06. The van der Waals surface area contributed by atoms with Crippen LogP contribution in [0.1, 0.15) is 16.1 Å². The van der Waals surface area contributed by atoms with Crippen molar-refractivity contribution in [3.63, 3.8) is 0 Å². The van der Waals surface area contributed by atoms with E-state index in [1.54, 1.807) is 0 Å². The van der Waals surface area contributed by atoms with Crippen LogP contribution >= 0.6 is 35.0 Å². The molecule has 26 heavy (non-hydrogen) atoms. The third-order valence-corrected chi connectivity index (χ3v) is 4.35. The van der Waals surface area contributed by atoms with Gasteiger partial charge in [-0.1, -0.05) is 23.2 Å². The Morgan fingerprint density at radius 1 is 1.15 bits per heavy atom. The second kappa shape index (κ2) is 7.20. The number of benzene rings is 1. The number of alkyl halides is 6. The zero-order chi connectivity index (χ0) is 19.9. The number of hydrogen-bond acceptors (Lipinski definition) is 4. The summed E-state index contributed by atoms with van der Waals surface area (Å²) < 4.78 is 76.0. The lowest BCUT2D eigenvalue weighted by Gasteiger charge is -2.13. The number of aldehydes is 1. The molecule has 1 aromatic heterocycles. The van der Waals surface area contributed by atoms with Gasteiger partial charge in [0.05, 0.1) is 21.4 Å². The predicted molar refractivity (Wildman–Crippen MR) is 85.1 cm³/mol. The van der Waals surface area contributed by atoms with Crippen LogP contribution in [-0.2, 0) is 6.42 Å². The van der Waals surface area contributed by atoms with Crippen molar-refractivity contribution in [2.24, 2.45) is 0 Å². The first-order valence-electron chi connectivity index (χ1n) is 6.47. The molecule has 0 bridgehead atoms. The molecular weight excluding hydrogens is 431 g/mol. The summed E-state index contributed by atoms with van der Waals surface area (Å²) in [7, 11) is 0. The molecule has 1 aromatic carbocycles. The molecule has 2 aromatic rings. The molecule has 1 heterocycles. The van der Waals surface area contributed by atoms with Gasteiger partial charge in [0.2, 0.25) is 0 Å². The van der Waals surface area contributed by atoms with Crippen molar-refractivity contribution < 1.29 is 31.1 Å². The number of rotatable bonds is 4. The Balaban J connectivity index is 2.57. The van der Waals surface area contributed by atoms with Crippen LogP contribution < -0.4 is 5.73 Å². The maximum absolute atomic E-state index is 12.6. The monoisotopic (exact) mass is 437 g/mol. The number of halogens is 8. The number of carbonyl (C=O) groups is 1. The standard InChI is InChI=1S/C13H7Cl2F6N3OS/c14-6-1-5(3-12(16,17)18)2-7(15)9(6)24-11(22)10(8(4-25)23-24)26-13(19,20)21/h1-2,4H,3,22H2. The Morgan fingerprint density at radius 3 is 2.12 bits per heavy atom. The summed E-state index contributed by atoms with van der Waals surface area (Å²) in [4.78, 5) is 10.3. The lowest BCUT2D eigenvalue weighted by Crippen LogP contribution is -2.12. The van der Waals surface area contributed by atoms with E-state index in [1.807, 2.05) is 0 Å². The van der Waals surface area contributed by atoms with E-state index in [0.29, 0.717) is 4.68 Å². The maximum atomic E-state index is 12.6. The summed E-state index contributed by atoms with van der Waals surface area (Å²) in [5.74, 6) is -0.582. The Morgan fingerprint density at radius 2 is 1.69 bits per heavy atom. The number of carbonyl (C=O) groups excluding carboxylic acids is 1. The van der Waals surface area contributed by atoms with Gasteiger partial charge in [0.1, 0.15) is 17.2 Å². The van der Waals surface area contributed by atoms with Crippen LogP contribution in [0, 0.1) is 0 Å². The second-order valence-corrected chi connectivity index (χ2v) is 6.77. The van der Waals surface area contributed by atoms with Gasteiger partial charge in [-0.05, 0) is 29.5 Å². The Bertz CT molecular complexity index is 827. The molecule has 13 heteroatoms. The summed E-state index contributed by atoms with van der Waals surface area (Å²) in [5.41, 5.74) is -0.244. The molecule has 142 valence electrons. The van der Waals surface area contributed by atoms with Crippen molar-refractivity contribution in [3.8, 4) is 5.69 Å². The van der Waals surface area contributed by atoms with Crippen molar-refractivity contribution in [1.82, 2.24) is 9.78 Å². The number of nitrogens with two attached hydrogens (primary N) is 1. The summed E-state index contributed by atoms with van der Waals surface area (Å²) in [6.45, 7) is 0. The molecule has 0 aliphatic heterocycles. The highest BCUT2D eigenvalue weighted by Gasteiger charge is 2.34. The number of aromatic nitrogens is 2. The van der Waals surface area contributed by atoms with E-state index in [0.717, 1.165) is 12.1 Å². The van der Waals surface area contributed by atoms with E-state index in [2.05, 4.69) is 5.10 Å². The number of nitrogens with zero attached hydrogens (tertiary/aromatic N) is 2. The predicted octanol–water partition coefficient (Wildman–Crippen LogP) is 5.29. The first-order chi connectivity index (χ1) is 11.8. The largest absolute Gasteiger partial charge is 0.446 e. The van der Waals surface area contributed by atoms with E-state index in [4.69, 9.17) is 28.9 Å². The minimum Gasteiger partial charge on any atom is -0.383 e. The zero-order valence-corrected chi connectivity index (χ0v) is 14.6. The van der Waals surface area contributed by atoms with E-state index < -0.39 is 46.3 Å². The van der Waals surface area contributed by atoms with Crippen LogP contribution in [0.25, 0.3) is 5.69 Å². The quantitative estimate of drug-likeness (QED) is 0.401. The Kier molecular flexibility index (Phi) is 5.74. The fourth-order valence-corrected chi connectivity index (χ4v) is 3.36. The molecule has 0 atom stereocenters. The summed E-state index contributed by atoms with van der Waals surface area (Å²) in [6.07, 6.45) is -5.77. The maximum Gasteiger partial charge on any atom is 0.446 e. The van der Waals surface area contributed by atoms with Gasteiger partial charge in [0.25, 0.3) is 0 Å². The van der Waals surface area contributed by atoms with Crippen molar-refractivity contribution >= 4 is 47.1 Å². The van der Waals surface area contributed by atoms with Gasteiger partial charge in [-0.2, -0.15) is 31.4 Å². The van der Waals surface area contributed by atoms with E-state index in [1.165, 1.54) is 0 Å². The highest BCUT2D eigenvalue weighted by atomic mass is 35.5. The molecule has 4 nitrogen and oxygen atoms in total. The van der Waals surface area contributed by atoms with Gasteiger partial charge in [-0.25, -0.2) is 4.68 Å². The van der Waals surface area contributed by atoms with Crippen molar-refractivity contribution in [2.75, 3.05) is 5.73 Å². The van der Waals surface area contributed by atoms with Crippen LogP contribution in [0.2, 0.25) is 10.0 Å². The first kappa shape index (κ1) is 20.7. The summed E-state index contributed by atoms with van der Waals surface area (Å²) in [5, 5.41) is 2.97. The normalized spacial score (nSPS) is 12.5.